The highest BCUT2D eigenvalue weighted by molar-refractivity contribution is 6.06. The molecule has 3 N–H and O–H groups in total. The van der Waals surface area contributed by atoms with Crippen LogP contribution in [0.25, 0.3) is 0 Å². The minimum Gasteiger partial charge on any atom is -0.465 e. The molecule has 0 fully saturated rings. The van der Waals surface area contributed by atoms with Gasteiger partial charge in [0.25, 0.3) is 11.6 Å². The van der Waals surface area contributed by atoms with E-state index in [0.29, 0.717) is 22.5 Å². The van der Waals surface area contributed by atoms with Gasteiger partial charge in [-0.3, -0.25) is 14.9 Å². The predicted octanol–water partition coefficient (Wildman–Crippen LogP) is 2.65. The Morgan fingerprint density at radius 1 is 1.10 bits per heavy atom. The molecule has 0 saturated carbocycles. The van der Waals surface area contributed by atoms with Crippen molar-refractivity contribution in [2.75, 3.05) is 12.4 Å². The maximum Gasteiger partial charge on any atom is 0.337 e. The smallest absolute Gasteiger partial charge is 0.337 e. The van der Waals surface area contributed by atoms with Gasteiger partial charge in [-0.25, -0.2) is 9.59 Å². The molecule has 3 amide bonds. The molecule has 0 aliphatic carbocycles. The molecule has 1 atom stereocenters. The zero-order valence-corrected chi connectivity index (χ0v) is 16.1. The number of nitrogens with zero attached hydrogens (tertiary/aromatic N) is 1. The number of non-ortho nitro benzene ring substituents is 1. The molecule has 0 spiro atoms. The van der Waals surface area contributed by atoms with Crippen molar-refractivity contribution in [1.82, 2.24) is 10.6 Å². The van der Waals surface area contributed by atoms with Gasteiger partial charge in [0.15, 0.2) is 0 Å². The summed E-state index contributed by atoms with van der Waals surface area (Å²) in [6.07, 6.45) is 0. The molecule has 0 aromatic heterocycles. The fourth-order valence-corrected chi connectivity index (χ4v) is 3.04. The van der Waals surface area contributed by atoms with E-state index in [-0.39, 0.29) is 11.3 Å². The molecule has 154 valence electrons. The number of amides is 3. The van der Waals surface area contributed by atoms with Crippen LogP contribution in [0.2, 0.25) is 0 Å². The first kappa shape index (κ1) is 20.5. The van der Waals surface area contributed by atoms with Crippen molar-refractivity contribution in [2.24, 2.45) is 0 Å². The monoisotopic (exact) mass is 410 g/mol. The van der Waals surface area contributed by atoms with Crippen LogP contribution in [-0.4, -0.2) is 29.9 Å². The summed E-state index contributed by atoms with van der Waals surface area (Å²) in [6.45, 7) is 1.60. The van der Waals surface area contributed by atoms with Crippen LogP contribution in [0.4, 0.5) is 16.2 Å². The SMILES string of the molecule is COC(=O)c1ccc([C@H]2NC(=O)NC(C)=C2C(=O)Nc2ccc([N+](=O)[O-])cc2)cc1. The van der Waals surface area contributed by atoms with Gasteiger partial charge in [0.05, 0.1) is 29.2 Å². The van der Waals surface area contributed by atoms with Gasteiger partial charge in [-0.1, -0.05) is 12.1 Å². The van der Waals surface area contributed by atoms with Gasteiger partial charge in [-0.2, -0.15) is 0 Å². The van der Waals surface area contributed by atoms with Crippen molar-refractivity contribution in [1.29, 1.82) is 0 Å². The van der Waals surface area contributed by atoms with Gasteiger partial charge >= 0.3 is 12.0 Å². The van der Waals surface area contributed by atoms with Crippen LogP contribution in [0, 0.1) is 10.1 Å². The summed E-state index contributed by atoms with van der Waals surface area (Å²) in [6, 6.07) is 10.5. The van der Waals surface area contributed by atoms with E-state index in [0.717, 1.165) is 0 Å². The second-order valence-corrected chi connectivity index (χ2v) is 6.44. The molecule has 0 radical (unpaired) electrons. The summed E-state index contributed by atoms with van der Waals surface area (Å²) in [7, 11) is 1.27. The number of nitrogens with one attached hydrogen (secondary N) is 3. The van der Waals surface area contributed by atoms with Gasteiger partial charge in [0.1, 0.15) is 0 Å². The third-order valence-electron chi connectivity index (χ3n) is 4.51. The fraction of sp³-hybridized carbons (Fsp3) is 0.150. The highest BCUT2D eigenvalue weighted by Crippen LogP contribution is 2.28. The Balaban J connectivity index is 1.88. The number of allylic oxidation sites excluding steroid dienone is 1. The summed E-state index contributed by atoms with van der Waals surface area (Å²) in [5, 5.41) is 18.7. The molecule has 10 heteroatoms. The van der Waals surface area contributed by atoms with Crippen molar-refractivity contribution in [3.63, 3.8) is 0 Å². The molecule has 0 bridgehead atoms. The largest absolute Gasteiger partial charge is 0.465 e. The minimum atomic E-state index is -0.761. The van der Waals surface area contributed by atoms with E-state index in [4.69, 9.17) is 0 Å². The summed E-state index contributed by atoms with van der Waals surface area (Å²) in [5.74, 6) is -0.991. The summed E-state index contributed by atoms with van der Waals surface area (Å²) < 4.78 is 4.67. The third kappa shape index (κ3) is 4.27. The van der Waals surface area contributed by atoms with Gasteiger partial charge in [-0.05, 0) is 36.8 Å². The van der Waals surface area contributed by atoms with E-state index in [1.807, 2.05) is 0 Å². The van der Waals surface area contributed by atoms with E-state index in [1.54, 1.807) is 19.1 Å². The average Bonchev–Trinajstić information content (AvgIpc) is 2.73. The lowest BCUT2D eigenvalue weighted by atomic mass is 9.94. The molecule has 0 saturated heterocycles. The van der Waals surface area contributed by atoms with Gasteiger partial charge in [0, 0.05) is 23.5 Å². The number of rotatable bonds is 5. The van der Waals surface area contributed by atoms with Crippen molar-refractivity contribution in [3.8, 4) is 0 Å². The van der Waals surface area contributed by atoms with Crippen LogP contribution < -0.4 is 16.0 Å². The zero-order valence-electron chi connectivity index (χ0n) is 16.1. The number of carbonyl (C=O) groups is 3. The maximum absolute atomic E-state index is 12.9. The normalized spacial score (nSPS) is 15.7. The fourth-order valence-electron chi connectivity index (χ4n) is 3.04. The van der Waals surface area contributed by atoms with Crippen molar-refractivity contribution in [2.45, 2.75) is 13.0 Å². The predicted molar refractivity (Wildman–Crippen MR) is 107 cm³/mol. The van der Waals surface area contributed by atoms with Crippen LogP contribution in [0.15, 0.2) is 59.8 Å². The highest BCUT2D eigenvalue weighted by Gasteiger charge is 2.31. The molecular formula is C20H18N4O6. The number of esters is 1. The standard InChI is InChI=1S/C20H18N4O6/c1-11-16(18(25)22-14-7-9-15(10-8-14)24(28)29)17(23-20(27)21-11)12-3-5-13(6-4-12)19(26)30-2/h3-10,17H,1-2H3,(H,22,25)(H2,21,23,27)/t17-/m1/s1. The zero-order chi connectivity index (χ0) is 21.8. The summed E-state index contributed by atoms with van der Waals surface area (Å²) >= 11 is 0. The second-order valence-electron chi connectivity index (χ2n) is 6.44. The average molecular weight is 410 g/mol. The van der Waals surface area contributed by atoms with Gasteiger partial charge in [-0.15, -0.1) is 0 Å². The highest BCUT2D eigenvalue weighted by atomic mass is 16.6. The quantitative estimate of drug-likeness (QED) is 0.393. The number of hydrogen-bond donors (Lipinski definition) is 3. The van der Waals surface area contributed by atoms with Crippen molar-refractivity contribution in [3.05, 3.63) is 81.0 Å². The Kier molecular flexibility index (Phi) is 5.77. The van der Waals surface area contributed by atoms with E-state index in [9.17, 15) is 24.5 Å². The molecule has 2 aromatic rings. The number of hydrogen-bond acceptors (Lipinski definition) is 6. The molecule has 0 unspecified atom stereocenters. The summed E-state index contributed by atoms with van der Waals surface area (Å²) in [5.41, 5.74) is 1.81. The molecule has 2 aromatic carbocycles. The van der Waals surface area contributed by atoms with E-state index in [2.05, 4.69) is 20.7 Å². The molecular weight excluding hydrogens is 392 g/mol. The van der Waals surface area contributed by atoms with Gasteiger partial charge in [0.2, 0.25) is 0 Å². The number of anilines is 1. The molecule has 1 aliphatic rings. The second kappa shape index (κ2) is 8.43. The minimum absolute atomic E-state index is 0.0986. The Labute approximate surface area is 171 Å². The molecule has 30 heavy (non-hydrogen) atoms. The number of methoxy groups -OCH3 is 1. The lowest BCUT2D eigenvalue weighted by Gasteiger charge is -2.28. The first-order valence-corrected chi connectivity index (χ1v) is 8.82. The molecule has 1 aliphatic heterocycles. The Morgan fingerprint density at radius 3 is 2.30 bits per heavy atom. The Hall–Kier alpha value is -4.21. The van der Waals surface area contributed by atoms with Crippen LogP contribution >= 0.6 is 0 Å². The molecule has 10 nitrogen and oxygen atoms in total. The number of nitro groups is 1. The Bertz CT molecular complexity index is 1040. The lowest BCUT2D eigenvalue weighted by Crippen LogP contribution is -2.45. The van der Waals surface area contributed by atoms with Crippen LogP contribution in [-0.2, 0) is 9.53 Å². The van der Waals surface area contributed by atoms with E-state index in [1.165, 1.54) is 43.5 Å². The van der Waals surface area contributed by atoms with Crippen molar-refractivity contribution < 1.29 is 24.0 Å². The number of benzene rings is 2. The third-order valence-corrected chi connectivity index (χ3v) is 4.51. The van der Waals surface area contributed by atoms with Crippen LogP contribution in [0.3, 0.4) is 0 Å². The number of ether oxygens (including phenoxy) is 1. The summed E-state index contributed by atoms with van der Waals surface area (Å²) in [4.78, 5) is 46.8. The van der Waals surface area contributed by atoms with Crippen molar-refractivity contribution >= 4 is 29.3 Å². The molecule has 3 rings (SSSR count). The van der Waals surface area contributed by atoms with Crippen LogP contribution in [0.1, 0.15) is 28.9 Å². The Morgan fingerprint density at radius 2 is 1.73 bits per heavy atom. The number of nitro benzene ring substituents is 1. The van der Waals surface area contributed by atoms with E-state index >= 15 is 0 Å². The van der Waals surface area contributed by atoms with Crippen LogP contribution in [0.5, 0.6) is 0 Å². The topological polar surface area (TPSA) is 140 Å². The van der Waals surface area contributed by atoms with Gasteiger partial charge < -0.3 is 20.7 Å². The number of carbonyl (C=O) groups excluding carboxylic acids is 3. The lowest BCUT2D eigenvalue weighted by molar-refractivity contribution is -0.384. The first-order valence-electron chi connectivity index (χ1n) is 8.82. The maximum atomic E-state index is 12.9. The van der Waals surface area contributed by atoms with E-state index < -0.39 is 28.9 Å². The first-order chi connectivity index (χ1) is 14.3. The molecule has 1 heterocycles. The number of urea groups is 1.